The van der Waals surface area contributed by atoms with Gasteiger partial charge in [-0.1, -0.05) is 12.1 Å². The van der Waals surface area contributed by atoms with Crippen molar-refractivity contribution in [2.45, 2.75) is 19.5 Å². The van der Waals surface area contributed by atoms with Crippen LogP contribution in [0.3, 0.4) is 0 Å². The van der Waals surface area contributed by atoms with Crippen molar-refractivity contribution in [3.63, 3.8) is 0 Å². The fourth-order valence-corrected chi connectivity index (χ4v) is 3.75. The molecule has 1 aromatic heterocycles. The molecule has 1 fully saturated rings. The van der Waals surface area contributed by atoms with Crippen molar-refractivity contribution >= 4 is 11.6 Å². The van der Waals surface area contributed by atoms with Gasteiger partial charge in [-0.15, -0.1) is 0 Å². The number of benzene rings is 1. The molecule has 0 unspecified atom stereocenters. The largest absolute Gasteiger partial charge is 0.378 e. The van der Waals surface area contributed by atoms with E-state index < -0.39 is 0 Å². The Morgan fingerprint density at radius 1 is 1.04 bits per heavy atom. The van der Waals surface area contributed by atoms with Gasteiger partial charge in [0.05, 0.1) is 24.8 Å². The Hall–Kier alpha value is -2.27. The van der Waals surface area contributed by atoms with E-state index >= 15 is 0 Å². The van der Waals surface area contributed by atoms with Crippen molar-refractivity contribution in [2.24, 2.45) is 0 Å². The zero-order valence-electron chi connectivity index (χ0n) is 14.0. The molecule has 126 valence electrons. The van der Waals surface area contributed by atoms with Crippen LogP contribution in [0.15, 0.2) is 42.6 Å². The molecule has 5 nitrogen and oxygen atoms in total. The van der Waals surface area contributed by atoms with Crippen LogP contribution in [0.5, 0.6) is 0 Å². The summed E-state index contributed by atoms with van der Waals surface area (Å²) in [6.45, 7) is 6.83. The van der Waals surface area contributed by atoms with Gasteiger partial charge in [-0.25, -0.2) is 0 Å². The number of carbonyl (C=O) groups excluding carboxylic acids is 1. The summed E-state index contributed by atoms with van der Waals surface area (Å²) >= 11 is 0. The maximum Gasteiger partial charge on any atom is 0.256 e. The molecule has 1 atom stereocenters. The summed E-state index contributed by atoms with van der Waals surface area (Å²) in [6, 6.07) is 12.2. The van der Waals surface area contributed by atoms with Gasteiger partial charge in [0.15, 0.2) is 0 Å². The molecule has 0 aliphatic carbocycles. The summed E-state index contributed by atoms with van der Waals surface area (Å²) in [6.07, 6.45) is 2.09. The van der Waals surface area contributed by atoms with Crippen LogP contribution in [0.2, 0.25) is 0 Å². The second kappa shape index (κ2) is 6.32. The second-order valence-corrected chi connectivity index (χ2v) is 6.42. The fraction of sp³-hybridized carbons (Fsp3) is 0.421. The van der Waals surface area contributed by atoms with Crippen LogP contribution in [-0.4, -0.2) is 48.2 Å². The highest BCUT2D eigenvalue weighted by Crippen LogP contribution is 2.30. The number of aromatic nitrogens is 1. The van der Waals surface area contributed by atoms with Crippen molar-refractivity contribution in [3.05, 3.63) is 53.9 Å². The van der Waals surface area contributed by atoms with Crippen LogP contribution in [0.4, 0.5) is 5.69 Å². The smallest absolute Gasteiger partial charge is 0.256 e. The van der Waals surface area contributed by atoms with Gasteiger partial charge >= 0.3 is 0 Å². The van der Waals surface area contributed by atoms with E-state index in [0.717, 1.165) is 50.6 Å². The number of nitrogens with zero attached hydrogens (tertiary/aromatic N) is 3. The standard InChI is InChI=1S/C19H23N3O2/c1-15-17-7-4-8-20(17)9-10-22(15)19(23)16-5-2-3-6-18(16)21-11-13-24-14-12-21/h2-8,15H,9-14H2,1H3/t15-/m1/s1. The number of para-hydroxylation sites is 1. The average molecular weight is 325 g/mol. The van der Waals surface area contributed by atoms with Crippen molar-refractivity contribution < 1.29 is 9.53 Å². The minimum atomic E-state index is 0.0963. The highest BCUT2D eigenvalue weighted by molar-refractivity contribution is 6.00. The lowest BCUT2D eigenvalue weighted by Crippen LogP contribution is -2.42. The van der Waals surface area contributed by atoms with Crippen LogP contribution in [-0.2, 0) is 11.3 Å². The maximum absolute atomic E-state index is 13.3. The molecule has 0 radical (unpaired) electrons. The van der Waals surface area contributed by atoms with E-state index in [2.05, 4.69) is 40.8 Å². The molecule has 0 N–H and O–H groups in total. The van der Waals surface area contributed by atoms with Gasteiger partial charge in [-0.05, 0) is 31.2 Å². The first-order valence-electron chi connectivity index (χ1n) is 8.63. The third-order valence-corrected chi connectivity index (χ3v) is 5.09. The molecule has 5 heteroatoms. The zero-order chi connectivity index (χ0) is 16.5. The van der Waals surface area contributed by atoms with Gasteiger partial charge < -0.3 is 19.1 Å². The molecule has 1 amide bonds. The number of rotatable bonds is 2. The zero-order valence-corrected chi connectivity index (χ0v) is 14.0. The number of amides is 1. The molecule has 24 heavy (non-hydrogen) atoms. The van der Waals surface area contributed by atoms with E-state index in [0.29, 0.717) is 0 Å². The first kappa shape index (κ1) is 15.3. The first-order valence-corrected chi connectivity index (χ1v) is 8.63. The lowest BCUT2D eigenvalue weighted by molar-refractivity contribution is 0.0643. The number of fused-ring (bicyclic) bond motifs is 1. The van der Waals surface area contributed by atoms with Crippen molar-refractivity contribution in [1.29, 1.82) is 0 Å². The van der Waals surface area contributed by atoms with Gasteiger partial charge in [-0.3, -0.25) is 4.79 Å². The molecule has 1 aromatic carbocycles. The molecule has 1 saturated heterocycles. The Bertz CT molecular complexity index is 734. The van der Waals surface area contributed by atoms with Crippen LogP contribution in [0.25, 0.3) is 0 Å². The highest BCUT2D eigenvalue weighted by Gasteiger charge is 2.30. The molecule has 2 aromatic rings. The minimum Gasteiger partial charge on any atom is -0.378 e. The van der Waals surface area contributed by atoms with Gasteiger partial charge in [0.25, 0.3) is 5.91 Å². The predicted molar refractivity (Wildman–Crippen MR) is 93.4 cm³/mol. The quantitative estimate of drug-likeness (QED) is 0.851. The van der Waals surface area contributed by atoms with E-state index in [4.69, 9.17) is 4.74 Å². The molecule has 2 aliphatic heterocycles. The lowest BCUT2D eigenvalue weighted by atomic mass is 10.1. The summed E-state index contributed by atoms with van der Waals surface area (Å²) in [4.78, 5) is 17.5. The van der Waals surface area contributed by atoms with Gasteiger partial charge in [0, 0.05) is 43.8 Å². The van der Waals surface area contributed by atoms with Gasteiger partial charge in [-0.2, -0.15) is 0 Å². The average Bonchev–Trinajstić information content (AvgIpc) is 3.12. The third kappa shape index (κ3) is 2.59. The minimum absolute atomic E-state index is 0.0963. The van der Waals surface area contributed by atoms with Crippen molar-refractivity contribution in [2.75, 3.05) is 37.7 Å². The lowest BCUT2D eigenvalue weighted by Gasteiger charge is -2.36. The van der Waals surface area contributed by atoms with Crippen molar-refractivity contribution in [3.8, 4) is 0 Å². The van der Waals surface area contributed by atoms with E-state index in [1.54, 1.807) is 0 Å². The number of morpholine rings is 1. The molecular formula is C19H23N3O2. The topological polar surface area (TPSA) is 37.7 Å². The van der Waals surface area contributed by atoms with Crippen molar-refractivity contribution in [1.82, 2.24) is 9.47 Å². The fourth-order valence-electron chi connectivity index (χ4n) is 3.75. The molecular weight excluding hydrogens is 302 g/mol. The third-order valence-electron chi connectivity index (χ3n) is 5.09. The Balaban J connectivity index is 1.63. The van der Waals surface area contributed by atoms with E-state index in [1.165, 1.54) is 5.69 Å². The van der Waals surface area contributed by atoms with Gasteiger partial charge in [0.2, 0.25) is 0 Å². The summed E-state index contributed by atoms with van der Waals surface area (Å²) in [5, 5.41) is 0. The second-order valence-electron chi connectivity index (χ2n) is 6.42. The molecule has 0 spiro atoms. The summed E-state index contributed by atoms with van der Waals surface area (Å²) in [5.41, 5.74) is 3.03. The SMILES string of the molecule is C[C@@H]1c2cccn2CCN1C(=O)c1ccccc1N1CCOCC1. The monoisotopic (exact) mass is 325 g/mol. The van der Waals surface area contributed by atoms with Gasteiger partial charge in [0.1, 0.15) is 0 Å². The van der Waals surface area contributed by atoms with E-state index in [-0.39, 0.29) is 11.9 Å². The molecule has 0 bridgehead atoms. The van der Waals surface area contributed by atoms with Crippen LogP contribution in [0, 0.1) is 0 Å². The van der Waals surface area contributed by atoms with Crippen LogP contribution in [0.1, 0.15) is 29.0 Å². The number of ether oxygens (including phenoxy) is 1. The number of carbonyl (C=O) groups is 1. The Morgan fingerprint density at radius 2 is 1.83 bits per heavy atom. The highest BCUT2D eigenvalue weighted by atomic mass is 16.5. The predicted octanol–water partition coefficient (Wildman–Crippen LogP) is 2.54. The molecule has 2 aliphatic rings. The summed E-state index contributed by atoms with van der Waals surface area (Å²) < 4.78 is 7.68. The molecule has 4 rings (SSSR count). The number of hydrogen-bond acceptors (Lipinski definition) is 3. The van der Waals surface area contributed by atoms with Crippen LogP contribution >= 0.6 is 0 Å². The van der Waals surface area contributed by atoms with Crippen LogP contribution < -0.4 is 4.90 Å². The number of hydrogen-bond donors (Lipinski definition) is 0. The summed E-state index contributed by atoms with van der Waals surface area (Å²) in [7, 11) is 0. The van der Waals surface area contributed by atoms with E-state index in [1.807, 2.05) is 23.1 Å². The Morgan fingerprint density at radius 3 is 2.67 bits per heavy atom. The Labute approximate surface area is 142 Å². The molecule has 3 heterocycles. The maximum atomic E-state index is 13.3. The first-order chi connectivity index (χ1) is 11.8. The summed E-state index contributed by atoms with van der Waals surface area (Å²) in [5.74, 6) is 0.122. The number of anilines is 1. The normalized spacial score (nSPS) is 20.8. The van der Waals surface area contributed by atoms with E-state index in [9.17, 15) is 4.79 Å². The molecule has 0 saturated carbocycles. The Kier molecular flexibility index (Phi) is 4.02.